The number of benzene rings is 4. The zero-order valence-corrected chi connectivity index (χ0v) is 35.3. The van der Waals surface area contributed by atoms with Gasteiger partial charge >= 0.3 is 0 Å². The lowest BCUT2D eigenvalue weighted by molar-refractivity contribution is -0.125. The number of aromatic amines is 2. The van der Waals surface area contributed by atoms with Crippen LogP contribution in [0.15, 0.2) is 107 Å². The van der Waals surface area contributed by atoms with Crippen LogP contribution in [0.2, 0.25) is 0 Å². The highest BCUT2D eigenvalue weighted by atomic mass is 32.2. The van der Waals surface area contributed by atoms with E-state index in [0.717, 1.165) is 35.4 Å². The van der Waals surface area contributed by atoms with Gasteiger partial charge in [0.2, 0.25) is 0 Å². The summed E-state index contributed by atoms with van der Waals surface area (Å²) in [5.41, 5.74) is 5.07. The molecule has 0 saturated carbocycles. The van der Waals surface area contributed by atoms with Crippen LogP contribution in [0.5, 0.6) is 0 Å². The molecule has 0 bridgehead atoms. The summed E-state index contributed by atoms with van der Waals surface area (Å²) in [4.78, 5) is 36.4. The van der Waals surface area contributed by atoms with Crippen molar-refractivity contribution in [2.24, 2.45) is 11.8 Å². The van der Waals surface area contributed by atoms with Gasteiger partial charge in [0, 0.05) is 51.0 Å². The summed E-state index contributed by atoms with van der Waals surface area (Å²) in [5, 5.41) is 1.22. The normalized spacial score (nSPS) is 14.6. The van der Waals surface area contributed by atoms with Crippen molar-refractivity contribution in [2.75, 3.05) is 9.44 Å². The van der Waals surface area contributed by atoms with Gasteiger partial charge in [0.05, 0.1) is 15.2 Å². The van der Waals surface area contributed by atoms with Gasteiger partial charge in [-0.25, -0.2) is 16.8 Å². The highest BCUT2D eigenvalue weighted by molar-refractivity contribution is 7.93. The molecule has 0 unspecified atom stereocenters. The summed E-state index contributed by atoms with van der Waals surface area (Å²) in [7, 11) is -7.95. The van der Waals surface area contributed by atoms with Crippen molar-refractivity contribution in [3.05, 3.63) is 131 Å². The number of carbonyl (C=O) groups is 2. The minimum atomic E-state index is -3.98. The fraction of sp³-hybridized carbons (Fsp3) is 0.304. The number of carbonyl (C=O) groups excluding carboxylic acids is 2. The van der Waals surface area contributed by atoms with Gasteiger partial charge in [-0.3, -0.25) is 19.0 Å². The second-order valence-corrected chi connectivity index (χ2v) is 19.8. The maximum atomic E-state index is 15.1. The Bertz CT molecular complexity index is 2620. The van der Waals surface area contributed by atoms with Crippen LogP contribution in [0.3, 0.4) is 0 Å². The van der Waals surface area contributed by atoms with Gasteiger partial charge in [0.15, 0.2) is 11.6 Å². The van der Waals surface area contributed by atoms with Crippen LogP contribution in [-0.2, 0) is 47.9 Å². The Labute approximate surface area is 340 Å². The van der Waals surface area contributed by atoms with Crippen molar-refractivity contribution in [2.45, 2.75) is 88.9 Å². The molecule has 0 atom stereocenters. The van der Waals surface area contributed by atoms with E-state index in [4.69, 9.17) is 0 Å². The monoisotopic (exact) mass is 818 g/mol. The van der Waals surface area contributed by atoms with Crippen molar-refractivity contribution in [1.29, 1.82) is 0 Å². The number of sulfonamides is 2. The van der Waals surface area contributed by atoms with E-state index in [1.54, 1.807) is 84.9 Å². The molecule has 0 aliphatic heterocycles. The predicted octanol–water partition coefficient (Wildman–Crippen LogP) is 9.43. The smallest absolute Gasteiger partial charge is 0.261 e. The van der Waals surface area contributed by atoms with Gasteiger partial charge in [-0.2, -0.15) is 0 Å². The summed E-state index contributed by atoms with van der Waals surface area (Å²) in [6.07, 6.45) is 5.18. The van der Waals surface area contributed by atoms with E-state index < -0.39 is 25.5 Å². The zero-order valence-electron chi connectivity index (χ0n) is 33.7. The third-order valence-electron chi connectivity index (χ3n) is 11.0. The van der Waals surface area contributed by atoms with Gasteiger partial charge in [-0.1, -0.05) is 63.1 Å². The van der Waals surface area contributed by atoms with Gasteiger partial charge < -0.3 is 9.97 Å². The number of rotatable bonds is 14. The summed E-state index contributed by atoms with van der Waals surface area (Å²) in [6.45, 7) is 12.3. The van der Waals surface area contributed by atoms with Crippen molar-refractivity contribution in [3.8, 4) is 0 Å². The largest absolute Gasteiger partial charge is 0.358 e. The van der Waals surface area contributed by atoms with Crippen molar-refractivity contribution < 1.29 is 26.4 Å². The summed E-state index contributed by atoms with van der Waals surface area (Å²) in [6, 6.07) is 23.6. The second kappa shape index (κ2) is 15.7. The summed E-state index contributed by atoms with van der Waals surface area (Å²) < 4.78 is 60.0. The molecular weight excluding hydrogens is 769 g/mol. The number of hydrogen-bond acceptors (Lipinski definition) is 6. The SMILES string of the molecule is Cc1ccc(S(=O)(=O)Nc2ccc3[nH]c(CCC(C)C)c(C4(c5c(CCC(C)C)[nH]c6ccc(NS(=O)(=O)c7ccc(C)cc7)cc56)CC(=O)C=CC4=O)c3c2)cc1. The molecule has 7 rings (SSSR count). The fourth-order valence-corrected chi connectivity index (χ4v) is 10.1. The maximum absolute atomic E-state index is 15.1. The Balaban J connectivity index is 1.48. The molecular formula is C46H50N4O6S2. The molecule has 4 N–H and O–H groups in total. The average Bonchev–Trinajstić information content (AvgIpc) is 3.72. The molecule has 2 heterocycles. The molecule has 0 saturated heterocycles. The van der Waals surface area contributed by atoms with Crippen molar-refractivity contribution in [3.63, 3.8) is 0 Å². The third-order valence-corrected chi connectivity index (χ3v) is 13.8. The van der Waals surface area contributed by atoms with E-state index in [-0.39, 0.29) is 27.8 Å². The van der Waals surface area contributed by atoms with E-state index in [1.807, 2.05) is 13.8 Å². The molecule has 0 radical (unpaired) electrons. The molecule has 2 aromatic heterocycles. The molecule has 10 nitrogen and oxygen atoms in total. The van der Waals surface area contributed by atoms with Gasteiger partial charge in [0.1, 0.15) is 0 Å². The van der Waals surface area contributed by atoms with Crippen LogP contribution in [-0.4, -0.2) is 38.4 Å². The van der Waals surface area contributed by atoms with E-state index >= 15 is 4.79 Å². The van der Waals surface area contributed by atoms with Crippen LogP contribution in [0.4, 0.5) is 11.4 Å². The molecule has 0 fully saturated rings. The molecule has 1 aliphatic carbocycles. The molecule has 0 spiro atoms. The Morgan fingerprint density at radius 2 is 1.02 bits per heavy atom. The minimum absolute atomic E-state index is 0.113. The number of ketones is 2. The number of fused-ring (bicyclic) bond motifs is 2. The number of nitrogens with one attached hydrogen (secondary N) is 4. The first kappa shape index (κ1) is 40.7. The van der Waals surface area contributed by atoms with E-state index in [1.165, 1.54) is 12.2 Å². The van der Waals surface area contributed by atoms with E-state index in [0.29, 0.717) is 69.0 Å². The molecule has 12 heteroatoms. The fourth-order valence-electron chi connectivity index (χ4n) is 7.97. The van der Waals surface area contributed by atoms with Gasteiger partial charge in [0.25, 0.3) is 20.0 Å². The molecule has 0 amide bonds. The molecule has 58 heavy (non-hydrogen) atoms. The van der Waals surface area contributed by atoms with E-state index in [2.05, 4.69) is 47.1 Å². The Hall–Kier alpha value is -5.46. The third kappa shape index (κ3) is 8.00. The number of H-pyrrole nitrogens is 2. The van der Waals surface area contributed by atoms with Gasteiger partial charge in [-0.15, -0.1) is 0 Å². The first-order chi connectivity index (χ1) is 27.5. The quantitative estimate of drug-likeness (QED) is 0.0858. The molecule has 6 aromatic rings. The van der Waals surface area contributed by atoms with E-state index in [9.17, 15) is 21.6 Å². The topological polar surface area (TPSA) is 158 Å². The van der Waals surface area contributed by atoms with Crippen LogP contribution in [0, 0.1) is 25.7 Å². The summed E-state index contributed by atoms with van der Waals surface area (Å²) >= 11 is 0. The molecule has 4 aromatic carbocycles. The second-order valence-electron chi connectivity index (χ2n) is 16.4. The number of aryl methyl sites for hydroxylation is 4. The van der Waals surface area contributed by atoms with Crippen molar-refractivity contribution in [1.82, 2.24) is 9.97 Å². The standard InChI is InChI=1S/C46H50N4O6S2/c1-28(2)7-20-41-44(37-25-32(13-22-39(37)47-41)49-57(53,54)35-16-9-30(5)10-17-35)46(27-34(51)15-24-43(46)52)45-38-26-33(14-23-40(38)48-42(45)21-8-29(3)4)50-58(55,56)36-18-11-31(6)12-19-36/h9-19,22-26,28-29,47-50H,7-8,20-21,27H2,1-6H3. The number of allylic oxidation sites excluding steroid dienone is 2. The molecule has 1 aliphatic rings. The average molecular weight is 819 g/mol. The predicted molar refractivity (Wildman–Crippen MR) is 231 cm³/mol. The van der Waals surface area contributed by atoms with Crippen LogP contribution in [0.1, 0.15) is 80.6 Å². The maximum Gasteiger partial charge on any atom is 0.261 e. The van der Waals surface area contributed by atoms with Crippen LogP contribution >= 0.6 is 0 Å². The first-order valence-electron chi connectivity index (χ1n) is 19.7. The highest BCUT2D eigenvalue weighted by Gasteiger charge is 2.49. The van der Waals surface area contributed by atoms with Crippen LogP contribution < -0.4 is 9.44 Å². The Morgan fingerprint density at radius 3 is 1.41 bits per heavy atom. The lowest BCUT2D eigenvalue weighted by Gasteiger charge is -2.35. The number of hydrogen-bond donors (Lipinski definition) is 4. The Kier molecular flexibility index (Phi) is 11.0. The van der Waals surface area contributed by atoms with Crippen molar-refractivity contribution >= 4 is 64.8 Å². The lowest BCUT2D eigenvalue weighted by atomic mass is 9.63. The number of aromatic nitrogens is 2. The zero-order chi connectivity index (χ0) is 41.6. The highest BCUT2D eigenvalue weighted by Crippen LogP contribution is 2.50. The first-order valence-corrected chi connectivity index (χ1v) is 22.7. The number of anilines is 2. The Morgan fingerprint density at radius 1 is 0.603 bits per heavy atom. The minimum Gasteiger partial charge on any atom is -0.358 e. The summed E-state index contributed by atoms with van der Waals surface area (Å²) in [5.74, 6) is 0.103. The molecule has 302 valence electrons. The lowest BCUT2D eigenvalue weighted by Crippen LogP contribution is -2.42. The van der Waals surface area contributed by atoms with Gasteiger partial charge in [-0.05, 0) is 135 Å². The van der Waals surface area contributed by atoms with Crippen LogP contribution in [0.25, 0.3) is 21.8 Å².